The summed E-state index contributed by atoms with van der Waals surface area (Å²) >= 11 is 5.95. The van der Waals surface area contributed by atoms with Gasteiger partial charge in [0.25, 0.3) is 0 Å². The van der Waals surface area contributed by atoms with Gasteiger partial charge in [0.1, 0.15) is 5.82 Å². The highest BCUT2D eigenvalue weighted by Crippen LogP contribution is 2.29. The molecule has 1 atom stereocenters. The Labute approximate surface area is 111 Å². The Morgan fingerprint density at radius 1 is 1.61 bits per heavy atom. The van der Waals surface area contributed by atoms with Crippen molar-refractivity contribution in [2.24, 2.45) is 5.41 Å². The summed E-state index contributed by atoms with van der Waals surface area (Å²) in [6.45, 7) is 7.43. The van der Waals surface area contributed by atoms with E-state index in [-0.39, 0.29) is 5.97 Å². The Balaban J connectivity index is 2.98. The van der Waals surface area contributed by atoms with E-state index in [0.717, 1.165) is 0 Å². The molecule has 1 rings (SSSR count). The lowest BCUT2D eigenvalue weighted by Crippen LogP contribution is -2.30. The van der Waals surface area contributed by atoms with Crippen LogP contribution in [-0.2, 0) is 16.0 Å². The number of hydrogen-bond donors (Lipinski definition) is 0. The summed E-state index contributed by atoms with van der Waals surface area (Å²) in [5, 5.41) is 0.298. The third kappa shape index (κ3) is 3.33. The van der Waals surface area contributed by atoms with Gasteiger partial charge < -0.3 is 4.74 Å². The first-order valence-corrected chi connectivity index (χ1v) is 6.05. The highest BCUT2D eigenvalue weighted by molar-refractivity contribution is 6.31. The fraction of sp³-hybridized carbons (Fsp3) is 0.357. The van der Waals surface area contributed by atoms with Crippen molar-refractivity contribution in [2.45, 2.75) is 20.3 Å². The maximum Gasteiger partial charge on any atom is 0.315 e. The van der Waals surface area contributed by atoms with Gasteiger partial charge in [0.15, 0.2) is 0 Å². The average molecular weight is 271 g/mol. The minimum Gasteiger partial charge on any atom is -0.465 e. The van der Waals surface area contributed by atoms with Gasteiger partial charge in [-0.1, -0.05) is 23.7 Å². The van der Waals surface area contributed by atoms with Gasteiger partial charge in [-0.05, 0) is 38.0 Å². The van der Waals surface area contributed by atoms with E-state index in [9.17, 15) is 9.18 Å². The number of carbonyl (C=O) groups is 1. The van der Waals surface area contributed by atoms with E-state index in [4.69, 9.17) is 16.3 Å². The lowest BCUT2D eigenvalue weighted by atomic mass is 9.84. The van der Waals surface area contributed by atoms with Gasteiger partial charge in [-0.15, -0.1) is 6.58 Å². The number of benzene rings is 1. The predicted octanol–water partition coefficient (Wildman–Crippen LogP) is 3.78. The first-order valence-electron chi connectivity index (χ1n) is 5.67. The van der Waals surface area contributed by atoms with Gasteiger partial charge >= 0.3 is 5.97 Å². The fourth-order valence-corrected chi connectivity index (χ4v) is 1.82. The summed E-state index contributed by atoms with van der Waals surface area (Å²) in [6, 6.07) is 4.11. The molecule has 0 fully saturated rings. The number of halogens is 2. The monoisotopic (exact) mass is 270 g/mol. The van der Waals surface area contributed by atoms with E-state index >= 15 is 0 Å². The van der Waals surface area contributed by atoms with Gasteiger partial charge in [0.05, 0.1) is 12.0 Å². The summed E-state index contributed by atoms with van der Waals surface area (Å²) in [6.07, 6.45) is 1.86. The summed E-state index contributed by atoms with van der Waals surface area (Å²) in [5.74, 6) is -0.763. The van der Waals surface area contributed by atoms with Crippen molar-refractivity contribution >= 4 is 17.6 Å². The molecular formula is C14H16ClFO2. The summed E-state index contributed by atoms with van der Waals surface area (Å²) in [4.78, 5) is 11.9. The zero-order valence-electron chi connectivity index (χ0n) is 10.5. The Morgan fingerprint density at radius 3 is 2.78 bits per heavy atom. The third-order valence-corrected chi connectivity index (χ3v) is 3.12. The van der Waals surface area contributed by atoms with Crippen molar-refractivity contribution in [1.82, 2.24) is 0 Å². The Hall–Kier alpha value is -1.35. The van der Waals surface area contributed by atoms with Crippen molar-refractivity contribution in [3.8, 4) is 0 Å². The van der Waals surface area contributed by atoms with E-state index in [2.05, 4.69) is 6.58 Å². The van der Waals surface area contributed by atoms with Crippen LogP contribution in [0.1, 0.15) is 19.4 Å². The van der Waals surface area contributed by atoms with Crippen LogP contribution in [0.3, 0.4) is 0 Å². The average Bonchev–Trinajstić information content (AvgIpc) is 2.33. The zero-order valence-corrected chi connectivity index (χ0v) is 11.3. The molecule has 0 amide bonds. The van der Waals surface area contributed by atoms with E-state index < -0.39 is 11.2 Å². The maximum atomic E-state index is 12.9. The van der Waals surface area contributed by atoms with E-state index in [1.165, 1.54) is 18.2 Å². The highest BCUT2D eigenvalue weighted by atomic mass is 35.5. The quantitative estimate of drug-likeness (QED) is 0.601. The summed E-state index contributed by atoms with van der Waals surface area (Å²) in [5.41, 5.74) is -0.175. The maximum absolute atomic E-state index is 12.9. The van der Waals surface area contributed by atoms with Gasteiger partial charge in [-0.2, -0.15) is 0 Å². The van der Waals surface area contributed by atoms with Crippen molar-refractivity contribution in [1.29, 1.82) is 0 Å². The molecule has 2 nitrogen and oxygen atoms in total. The topological polar surface area (TPSA) is 26.3 Å². The van der Waals surface area contributed by atoms with Gasteiger partial charge in [-0.25, -0.2) is 4.39 Å². The Bertz CT molecular complexity index is 459. The van der Waals surface area contributed by atoms with Crippen LogP contribution >= 0.6 is 11.6 Å². The zero-order chi connectivity index (χ0) is 13.8. The number of hydrogen-bond acceptors (Lipinski definition) is 2. The van der Waals surface area contributed by atoms with Crippen LogP contribution in [0, 0.1) is 11.2 Å². The molecule has 0 N–H and O–H groups in total. The molecular weight excluding hydrogens is 255 g/mol. The van der Waals surface area contributed by atoms with Crippen LogP contribution in [-0.4, -0.2) is 12.6 Å². The van der Waals surface area contributed by atoms with Crippen molar-refractivity contribution in [3.63, 3.8) is 0 Å². The Kier molecular flexibility index (Phi) is 4.91. The predicted molar refractivity (Wildman–Crippen MR) is 70.1 cm³/mol. The highest BCUT2D eigenvalue weighted by Gasteiger charge is 2.32. The molecule has 0 aliphatic carbocycles. The van der Waals surface area contributed by atoms with Crippen LogP contribution in [0.4, 0.5) is 4.39 Å². The second-order valence-electron chi connectivity index (χ2n) is 4.25. The molecule has 1 aromatic rings. The summed E-state index contributed by atoms with van der Waals surface area (Å²) < 4.78 is 18.0. The van der Waals surface area contributed by atoms with Crippen LogP contribution in [0.2, 0.25) is 5.02 Å². The molecule has 1 unspecified atom stereocenters. The van der Waals surface area contributed by atoms with Gasteiger partial charge in [0, 0.05) is 5.02 Å². The van der Waals surface area contributed by atoms with E-state index in [0.29, 0.717) is 23.6 Å². The lowest BCUT2D eigenvalue weighted by molar-refractivity contribution is -0.151. The molecule has 1 aromatic carbocycles. The molecule has 0 aromatic heterocycles. The van der Waals surface area contributed by atoms with Crippen LogP contribution < -0.4 is 0 Å². The first kappa shape index (κ1) is 14.7. The van der Waals surface area contributed by atoms with E-state index in [1.807, 2.05) is 0 Å². The number of ether oxygens (including phenoxy) is 1. The molecule has 0 bridgehead atoms. The molecule has 0 heterocycles. The van der Waals surface area contributed by atoms with Crippen LogP contribution in [0.5, 0.6) is 0 Å². The molecule has 0 radical (unpaired) electrons. The smallest absolute Gasteiger partial charge is 0.315 e. The van der Waals surface area contributed by atoms with E-state index in [1.54, 1.807) is 19.9 Å². The molecule has 0 saturated carbocycles. The normalized spacial score (nSPS) is 13.8. The van der Waals surface area contributed by atoms with Gasteiger partial charge in [0.2, 0.25) is 0 Å². The van der Waals surface area contributed by atoms with Crippen molar-refractivity contribution < 1.29 is 13.9 Å². The molecule has 0 aliphatic rings. The summed E-state index contributed by atoms with van der Waals surface area (Å²) in [7, 11) is 0. The molecule has 0 saturated heterocycles. The minimum absolute atomic E-state index is 0.298. The molecule has 98 valence electrons. The largest absolute Gasteiger partial charge is 0.465 e. The standard InChI is InChI=1S/C14H16ClFO2/c1-4-14(3,13(17)18-5-2)9-10-6-7-11(16)8-12(10)15/h4,6-8H,1,5,9H2,2-3H3. The van der Waals surface area contributed by atoms with Crippen molar-refractivity contribution in [2.75, 3.05) is 6.61 Å². The SMILES string of the molecule is C=CC(C)(Cc1ccc(F)cc1Cl)C(=O)OCC. The number of esters is 1. The second-order valence-corrected chi connectivity index (χ2v) is 4.66. The van der Waals surface area contributed by atoms with Gasteiger partial charge in [-0.3, -0.25) is 4.79 Å². The van der Waals surface area contributed by atoms with Crippen LogP contribution in [0.25, 0.3) is 0 Å². The fourth-order valence-electron chi connectivity index (χ4n) is 1.58. The molecule has 18 heavy (non-hydrogen) atoms. The third-order valence-electron chi connectivity index (χ3n) is 2.77. The van der Waals surface area contributed by atoms with Crippen molar-refractivity contribution in [3.05, 3.63) is 47.3 Å². The number of rotatable bonds is 5. The Morgan fingerprint density at radius 2 is 2.28 bits per heavy atom. The van der Waals surface area contributed by atoms with Crippen LogP contribution in [0.15, 0.2) is 30.9 Å². The first-order chi connectivity index (χ1) is 8.42. The number of carbonyl (C=O) groups excluding carboxylic acids is 1. The second kappa shape index (κ2) is 6.01. The minimum atomic E-state index is -0.864. The molecule has 0 aliphatic heterocycles. The molecule has 4 heteroatoms. The molecule has 0 spiro atoms. The lowest BCUT2D eigenvalue weighted by Gasteiger charge is -2.23.